The SMILES string of the molecule is Cc1c(C(=O)N2CCNCC2c2cccc(Cl)c2)cccc1N1CCNC1=O. The first-order valence-corrected chi connectivity index (χ1v) is 9.86. The van der Waals surface area contributed by atoms with Gasteiger partial charge in [-0.25, -0.2) is 4.79 Å². The Bertz CT molecular complexity index is 917. The molecule has 2 fully saturated rings. The predicted molar refractivity (Wildman–Crippen MR) is 110 cm³/mol. The maximum atomic E-state index is 13.5. The fourth-order valence-electron chi connectivity index (χ4n) is 3.96. The van der Waals surface area contributed by atoms with E-state index in [4.69, 9.17) is 11.6 Å². The molecule has 2 N–H and O–H groups in total. The fraction of sp³-hybridized carbons (Fsp3) is 0.333. The molecular formula is C21H23ClN4O2. The van der Waals surface area contributed by atoms with Crippen LogP contribution in [0.5, 0.6) is 0 Å². The summed E-state index contributed by atoms with van der Waals surface area (Å²) in [6.45, 7) is 5.17. The summed E-state index contributed by atoms with van der Waals surface area (Å²) in [4.78, 5) is 29.2. The maximum Gasteiger partial charge on any atom is 0.322 e. The second kappa shape index (κ2) is 7.81. The van der Waals surface area contributed by atoms with Crippen LogP contribution in [0.15, 0.2) is 42.5 Å². The van der Waals surface area contributed by atoms with E-state index < -0.39 is 0 Å². The third-order valence-electron chi connectivity index (χ3n) is 5.42. The van der Waals surface area contributed by atoms with Gasteiger partial charge in [-0.1, -0.05) is 29.8 Å². The number of piperazine rings is 1. The number of hydrogen-bond donors (Lipinski definition) is 2. The highest BCUT2D eigenvalue weighted by Crippen LogP contribution is 2.30. The zero-order chi connectivity index (χ0) is 19.7. The van der Waals surface area contributed by atoms with E-state index in [1.54, 1.807) is 4.90 Å². The Morgan fingerprint density at radius 3 is 2.71 bits per heavy atom. The van der Waals surface area contributed by atoms with Gasteiger partial charge in [0.15, 0.2) is 0 Å². The van der Waals surface area contributed by atoms with Crippen LogP contribution < -0.4 is 15.5 Å². The molecule has 0 aliphatic carbocycles. The molecule has 2 aromatic carbocycles. The van der Waals surface area contributed by atoms with Crippen LogP contribution in [0.4, 0.5) is 10.5 Å². The number of hydrogen-bond acceptors (Lipinski definition) is 3. The van der Waals surface area contributed by atoms with E-state index in [0.717, 1.165) is 23.4 Å². The summed E-state index contributed by atoms with van der Waals surface area (Å²) in [7, 11) is 0. The summed E-state index contributed by atoms with van der Waals surface area (Å²) >= 11 is 6.17. The average molecular weight is 399 g/mol. The molecule has 0 saturated carbocycles. The molecular weight excluding hydrogens is 376 g/mol. The molecule has 0 aromatic heterocycles. The molecule has 4 rings (SSSR count). The molecule has 1 unspecified atom stereocenters. The summed E-state index contributed by atoms with van der Waals surface area (Å²) in [5.41, 5.74) is 3.26. The molecule has 2 aliphatic heterocycles. The lowest BCUT2D eigenvalue weighted by Gasteiger charge is -2.37. The zero-order valence-electron chi connectivity index (χ0n) is 15.7. The number of anilines is 1. The van der Waals surface area contributed by atoms with Crippen molar-refractivity contribution in [2.75, 3.05) is 37.6 Å². The molecule has 2 saturated heterocycles. The summed E-state index contributed by atoms with van der Waals surface area (Å²) in [5, 5.41) is 6.84. The molecule has 2 aliphatic rings. The van der Waals surface area contributed by atoms with Crippen molar-refractivity contribution in [2.24, 2.45) is 0 Å². The highest BCUT2D eigenvalue weighted by atomic mass is 35.5. The van der Waals surface area contributed by atoms with Gasteiger partial charge >= 0.3 is 6.03 Å². The van der Waals surface area contributed by atoms with Crippen LogP contribution in [0.3, 0.4) is 0 Å². The van der Waals surface area contributed by atoms with Crippen LogP contribution in [-0.2, 0) is 0 Å². The minimum Gasteiger partial charge on any atom is -0.336 e. The Morgan fingerprint density at radius 2 is 1.96 bits per heavy atom. The van der Waals surface area contributed by atoms with Gasteiger partial charge in [-0.3, -0.25) is 9.69 Å². The van der Waals surface area contributed by atoms with Gasteiger partial charge in [0, 0.05) is 49.0 Å². The summed E-state index contributed by atoms with van der Waals surface area (Å²) in [6, 6.07) is 13.0. The van der Waals surface area contributed by atoms with E-state index in [1.807, 2.05) is 54.3 Å². The first kappa shape index (κ1) is 18.8. The Hall–Kier alpha value is -2.57. The second-order valence-electron chi connectivity index (χ2n) is 7.11. The van der Waals surface area contributed by atoms with Crippen LogP contribution >= 0.6 is 11.6 Å². The Kier molecular flexibility index (Phi) is 5.24. The number of nitrogens with one attached hydrogen (secondary N) is 2. The summed E-state index contributed by atoms with van der Waals surface area (Å²) in [6.07, 6.45) is 0. The highest BCUT2D eigenvalue weighted by molar-refractivity contribution is 6.30. The van der Waals surface area contributed by atoms with Crippen molar-refractivity contribution >= 4 is 29.2 Å². The number of halogens is 1. The van der Waals surface area contributed by atoms with Gasteiger partial charge in [0.2, 0.25) is 0 Å². The lowest BCUT2D eigenvalue weighted by Crippen LogP contribution is -2.48. The Labute approximate surface area is 169 Å². The molecule has 0 radical (unpaired) electrons. The number of nitrogens with zero attached hydrogens (tertiary/aromatic N) is 2. The van der Waals surface area contributed by atoms with Crippen LogP contribution in [0, 0.1) is 6.92 Å². The van der Waals surface area contributed by atoms with Crippen molar-refractivity contribution < 1.29 is 9.59 Å². The van der Waals surface area contributed by atoms with E-state index in [1.165, 1.54) is 0 Å². The molecule has 0 bridgehead atoms. The first-order chi connectivity index (χ1) is 13.6. The van der Waals surface area contributed by atoms with E-state index >= 15 is 0 Å². The van der Waals surface area contributed by atoms with E-state index in [9.17, 15) is 9.59 Å². The van der Waals surface area contributed by atoms with Gasteiger partial charge in [-0.05, 0) is 42.3 Å². The zero-order valence-corrected chi connectivity index (χ0v) is 16.5. The topological polar surface area (TPSA) is 64.7 Å². The predicted octanol–water partition coefficient (Wildman–Crippen LogP) is 2.96. The van der Waals surface area contributed by atoms with Crippen molar-refractivity contribution in [3.8, 4) is 0 Å². The van der Waals surface area contributed by atoms with Gasteiger partial charge in [0.25, 0.3) is 5.91 Å². The van der Waals surface area contributed by atoms with E-state index in [-0.39, 0.29) is 18.0 Å². The molecule has 2 heterocycles. The number of urea groups is 1. The lowest BCUT2D eigenvalue weighted by atomic mass is 9.99. The monoisotopic (exact) mass is 398 g/mol. The normalized spacial score (nSPS) is 19.6. The molecule has 6 nitrogen and oxygen atoms in total. The molecule has 7 heteroatoms. The molecule has 3 amide bonds. The second-order valence-corrected chi connectivity index (χ2v) is 7.54. The van der Waals surface area contributed by atoms with Crippen molar-refractivity contribution in [2.45, 2.75) is 13.0 Å². The van der Waals surface area contributed by atoms with Crippen molar-refractivity contribution in [3.63, 3.8) is 0 Å². The smallest absolute Gasteiger partial charge is 0.322 e. The van der Waals surface area contributed by atoms with Gasteiger partial charge < -0.3 is 15.5 Å². The van der Waals surface area contributed by atoms with Gasteiger partial charge in [0.1, 0.15) is 0 Å². The van der Waals surface area contributed by atoms with E-state index in [2.05, 4.69) is 10.6 Å². The Balaban J connectivity index is 1.67. The number of amides is 3. The number of benzene rings is 2. The minimum atomic E-state index is -0.119. The first-order valence-electron chi connectivity index (χ1n) is 9.48. The fourth-order valence-corrected chi connectivity index (χ4v) is 4.16. The highest BCUT2D eigenvalue weighted by Gasteiger charge is 2.31. The van der Waals surface area contributed by atoms with Crippen molar-refractivity contribution in [1.82, 2.24) is 15.5 Å². The minimum absolute atomic E-state index is 0.0227. The van der Waals surface area contributed by atoms with Crippen LogP contribution in [0.2, 0.25) is 5.02 Å². The van der Waals surface area contributed by atoms with Crippen molar-refractivity contribution in [1.29, 1.82) is 0 Å². The largest absolute Gasteiger partial charge is 0.336 e. The third kappa shape index (κ3) is 3.45. The standard InChI is InChI=1S/C21H23ClN4O2/c1-14-17(6-3-7-18(14)26-11-9-24-21(26)28)20(27)25-10-8-23-13-19(25)15-4-2-5-16(22)12-15/h2-7,12,19,23H,8-11,13H2,1H3,(H,24,28). The number of rotatable bonds is 3. The number of carbonyl (C=O) groups excluding carboxylic acids is 2. The molecule has 146 valence electrons. The molecule has 0 spiro atoms. The summed E-state index contributed by atoms with van der Waals surface area (Å²) < 4.78 is 0. The Morgan fingerprint density at radius 1 is 1.14 bits per heavy atom. The summed E-state index contributed by atoms with van der Waals surface area (Å²) in [5.74, 6) is -0.0227. The third-order valence-corrected chi connectivity index (χ3v) is 5.66. The molecule has 1 atom stereocenters. The quantitative estimate of drug-likeness (QED) is 0.835. The van der Waals surface area contributed by atoms with Gasteiger partial charge in [-0.2, -0.15) is 0 Å². The molecule has 28 heavy (non-hydrogen) atoms. The van der Waals surface area contributed by atoms with Gasteiger partial charge in [0.05, 0.1) is 6.04 Å². The number of carbonyl (C=O) groups is 2. The van der Waals surface area contributed by atoms with Crippen LogP contribution in [-0.4, -0.2) is 49.6 Å². The molecule has 2 aromatic rings. The van der Waals surface area contributed by atoms with Gasteiger partial charge in [-0.15, -0.1) is 0 Å². The lowest BCUT2D eigenvalue weighted by molar-refractivity contribution is 0.0633. The van der Waals surface area contributed by atoms with Crippen molar-refractivity contribution in [3.05, 3.63) is 64.2 Å². The van der Waals surface area contributed by atoms with Crippen LogP contribution in [0.25, 0.3) is 0 Å². The van der Waals surface area contributed by atoms with Crippen LogP contribution in [0.1, 0.15) is 27.5 Å². The van der Waals surface area contributed by atoms with E-state index in [0.29, 0.717) is 36.8 Å². The average Bonchev–Trinajstić information content (AvgIpc) is 3.13. The maximum absolute atomic E-state index is 13.5.